The lowest BCUT2D eigenvalue weighted by Crippen LogP contribution is -2.40. The van der Waals surface area contributed by atoms with E-state index in [1.165, 1.54) is 26.2 Å². The lowest BCUT2D eigenvalue weighted by atomic mass is 9.74. The second kappa shape index (κ2) is 9.66. The van der Waals surface area contributed by atoms with Crippen molar-refractivity contribution in [3.05, 3.63) is 30.1 Å². The van der Waals surface area contributed by atoms with Gasteiger partial charge in [0.15, 0.2) is 0 Å². The molecule has 0 aromatic carbocycles. The number of carbonyl (C=O) groups excluding carboxylic acids is 4. The average molecular weight is 349 g/mol. The maximum atomic E-state index is 12.4. The van der Waals surface area contributed by atoms with Crippen molar-refractivity contribution in [1.29, 1.82) is 0 Å². The van der Waals surface area contributed by atoms with E-state index in [-0.39, 0.29) is 13.2 Å². The molecule has 1 heterocycles. The number of hydrogen-bond acceptors (Lipinski definition) is 7. The lowest BCUT2D eigenvalue weighted by molar-refractivity contribution is -0.157. The molecule has 0 fully saturated rings. The van der Waals surface area contributed by atoms with Gasteiger partial charge in [0.05, 0.1) is 13.2 Å². The number of esters is 2. The summed E-state index contributed by atoms with van der Waals surface area (Å²) >= 11 is 0. The number of ketones is 2. The molecule has 7 heteroatoms. The van der Waals surface area contributed by atoms with Gasteiger partial charge in [0, 0.05) is 18.3 Å². The van der Waals surface area contributed by atoms with Crippen molar-refractivity contribution in [2.75, 3.05) is 13.2 Å². The molecule has 7 nitrogen and oxygen atoms in total. The van der Waals surface area contributed by atoms with Crippen molar-refractivity contribution in [2.24, 2.45) is 11.8 Å². The Hall–Kier alpha value is -2.57. The van der Waals surface area contributed by atoms with Crippen molar-refractivity contribution in [2.45, 2.75) is 33.6 Å². The SMILES string of the molecule is CCOC(=O)[C@@H](C(C)=O)C(c1cccnc1)[C@H](C(C)=O)C(=O)OCC. The highest BCUT2D eigenvalue weighted by Crippen LogP contribution is 2.35. The molecular weight excluding hydrogens is 326 g/mol. The number of rotatable bonds is 9. The van der Waals surface area contributed by atoms with Gasteiger partial charge in [-0.3, -0.25) is 24.2 Å². The van der Waals surface area contributed by atoms with Crippen molar-refractivity contribution < 1.29 is 28.7 Å². The van der Waals surface area contributed by atoms with Crippen LogP contribution in [0.2, 0.25) is 0 Å². The van der Waals surface area contributed by atoms with E-state index in [1.54, 1.807) is 26.0 Å². The van der Waals surface area contributed by atoms with E-state index in [1.807, 2.05) is 0 Å². The fourth-order valence-electron chi connectivity index (χ4n) is 2.75. The molecule has 0 radical (unpaired) electrons. The maximum absolute atomic E-state index is 12.4. The van der Waals surface area contributed by atoms with Gasteiger partial charge in [-0.2, -0.15) is 0 Å². The molecule has 0 saturated carbocycles. The molecule has 0 unspecified atom stereocenters. The highest BCUT2D eigenvalue weighted by atomic mass is 16.5. The molecule has 0 aliphatic rings. The number of ether oxygens (including phenoxy) is 2. The van der Waals surface area contributed by atoms with Crippen LogP contribution in [0.15, 0.2) is 24.5 Å². The summed E-state index contributed by atoms with van der Waals surface area (Å²) in [5.41, 5.74) is 0.420. The summed E-state index contributed by atoms with van der Waals surface area (Å²) in [6.45, 7) is 5.84. The Morgan fingerprint density at radius 2 is 1.44 bits per heavy atom. The first-order valence-electron chi connectivity index (χ1n) is 8.09. The van der Waals surface area contributed by atoms with Crippen LogP contribution in [0, 0.1) is 11.8 Å². The van der Waals surface area contributed by atoms with Gasteiger partial charge in [-0.25, -0.2) is 0 Å². The molecule has 0 amide bonds. The fraction of sp³-hybridized carbons (Fsp3) is 0.500. The molecule has 0 bridgehead atoms. The minimum absolute atomic E-state index is 0.0759. The molecule has 0 N–H and O–H groups in total. The van der Waals surface area contributed by atoms with Gasteiger partial charge in [-0.05, 0) is 39.3 Å². The van der Waals surface area contributed by atoms with E-state index in [2.05, 4.69) is 4.98 Å². The minimum atomic E-state index is -1.30. The minimum Gasteiger partial charge on any atom is -0.465 e. The van der Waals surface area contributed by atoms with Gasteiger partial charge >= 0.3 is 11.9 Å². The monoisotopic (exact) mass is 349 g/mol. The first-order valence-corrected chi connectivity index (χ1v) is 8.09. The zero-order chi connectivity index (χ0) is 19.0. The van der Waals surface area contributed by atoms with Crippen LogP contribution in [-0.2, 0) is 28.7 Å². The Labute approximate surface area is 146 Å². The zero-order valence-corrected chi connectivity index (χ0v) is 14.9. The predicted octanol–water partition coefficient (Wildman–Crippen LogP) is 1.70. The van der Waals surface area contributed by atoms with Crippen LogP contribution in [0.4, 0.5) is 0 Å². The Bertz CT molecular complexity index is 592. The topological polar surface area (TPSA) is 99.6 Å². The predicted molar refractivity (Wildman–Crippen MR) is 88.6 cm³/mol. The fourth-order valence-corrected chi connectivity index (χ4v) is 2.75. The zero-order valence-electron chi connectivity index (χ0n) is 14.9. The van der Waals surface area contributed by atoms with Crippen molar-refractivity contribution in [3.8, 4) is 0 Å². The number of hydrogen-bond donors (Lipinski definition) is 0. The number of carbonyl (C=O) groups is 4. The molecule has 1 aromatic heterocycles. The van der Waals surface area contributed by atoms with E-state index in [4.69, 9.17) is 9.47 Å². The highest BCUT2D eigenvalue weighted by molar-refractivity contribution is 6.04. The van der Waals surface area contributed by atoms with Crippen LogP contribution in [0.25, 0.3) is 0 Å². The van der Waals surface area contributed by atoms with Crippen LogP contribution in [0.3, 0.4) is 0 Å². The van der Waals surface area contributed by atoms with Gasteiger partial charge in [0.1, 0.15) is 23.4 Å². The summed E-state index contributed by atoms with van der Waals surface area (Å²) in [7, 11) is 0. The van der Waals surface area contributed by atoms with E-state index in [0.717, 1.165) is 0 Å². The molecule has 0 saturated heterocycles. The van der Waals surface area contributed by atoms with Crippen molar-refractivity contribution >= 4 is 23.5 Å². The van der Waals surface area contributed by atoms with E-state index < -0.39 is 41.3 Å². The van der Waals surface area contributed by atoms with Gasteiger partial charge in [-0.15, -0.1) is 0 Å². The molecule has 2 atom stereocenters. The number of aromatic nitrogens is 1. The van der Waals surface area contributed by atoms with Crippen molar-refractivity contribution in [1.82, 2.24) is 4.98 Å². The first kappa shape index (κ1) is 20.5. The summed E-state index contributed by atoms with van der Waals surface area (Å²) in [5, 5.41) is 0. The van der Waals surface area contributed by atoms with Gasteiger partial charge < -0.3 is 9.47 Å². The number of Topliss-reactive ketones (excluding diaryl/α,β-unsaturated/α-hetero) is 2. The number of nitrogens with zero attached hydrogens (tertiary/aromatic N) is 1. The van der Waals surface area contributed by atoms with Crippen LogP contribution in [0.5, 0.6) is 0 Å². The van der Waals surface area contributed by atoms with Crippen LogP contribution >= 0.6 is 0 Å². The van der Waals surface area contributed by atoms with Crippen LogP contribution < -0.4 is 0 Å². The van der Waals surface area contributed by atoms with Gasteiger partial charge in [-0.1, -0.05) is 6.07 Å². The summed E-state index contributed by atoms with van der Waals surface area (Å²) in [6, 6.07) is 3.22. The second-order valence-electron chi connectivity index (χ2n) is 5.49. The molecule has 136 valence electrons. The molecule has 0 aliphatic heterocycles. The van der Waals surface area contributed by atoms with Gasteiger partial charge in [0.25, 0.3) is 0 Å². The maximum Gasteiger partial charge on any atom is 0.317 e. The Balaban J connectivity index is 3.50. The van der Waals surface area contributed by atoms with Gasteiger partial charge in [0.2, 0.25) is 0 Å². The third kappa shape index (κ3) is 5.20. The third-order valence-electron chi connectivity index (χ3n) is 3.74. The average Bonchev–Trinajstić information content (AvgIpc) is 2.54. The number of pyridine rings is 1. The summed E-state index contributed by atoms with van der Waals surface area (Å²) in [5.74, 6) is -6.20. The smallest absolute Gasteiger partial charge is 0.317 e. The third-order valence-corrected chi connectivity index (χ3v) is 3.74. The molecule has 1 aromatic rings. The highest BCUT2D eigenvalue weighted by Gasteiger charge is 2.45. The Morgan fingerprint density at radius 1 is 0.960 bits per heavy atom. The summed E-state index contributed by atoms with van der Waals surface area (Å²) < 4.78 is 9.99. The molecular formula is C18H23NO6. The quantitative estimate of drug-likeness (QED) is 0.494. The van der Waals surface area contributed by atoms with Crippen molar-refractivity contribution in [3.63, 3.8) is 0 Å². The normalized spacial score (nSPS) is 13.0. The van der Waals surface area contributed by atoms with Crippen LogP contribution in [0.1, 0.15) is 39.2 Å². The molecule has 0 aliphatic carbocycles. The second-order valence-corrected chi connectivity index (χ2v) is 5.49. The standard InChI is InChI=1S/C18H23NO6/c1-5-24-17(22)14(11(3)20)16(13-8-7-9-19-10-13)15(12(4)21)18(23)25-6-2/h7-10,14-16H,5-6H2,1-4H3/t14-,15-/m0/s1. The Kier molecular flexibility index (Phi) is 7.91. The largest absolute Gasteiger partial charge is 0.465 e. The summed E-state index contributed by atoms with van der Waals surface area (Å²) in [6.07, 6.45) is 2.94. The van der Waals surface area contributed by atoms with E-state index in [9.17, 15) is 19.2 Å². The van der Waals surface area contributed by atoms with E-state index >= 15 is 0 Å². The molecule has 1 rings (SSSR count). The summed E-state index contributed by atoms with van der Waals surface area (Å²) in [4.78, 5) is 53.1. The lowest BCUT2D eigenvalue weighted by Gasteiger charge is -2.28. The first-order chi connectivity index (χ1) is 11.8. The molecule has 0 spiro atoms. The van der Waals surface area contributed by atoms with E-state index in [0.29, 0.717) is 5.56 Å². The van der Waals surface area contributed by atoms with Crippen LogP contribution in [-0.4, -0.2) is 41.7 Å². The molecule has 25 heavy (non-hydrogen) atoms. The Morgan fingerprint density at radius 3 is 1.76 bits per heavy atom.